The largest absolute Gasteiger partial charge is 0.466 e. The van der Waals surface area contributed by atoms with Crippen molar-refractivity contribution in [3.63, 3.8) is 0 Å². The Balaban J connectivity index is 2.53. The highest BCUT2D eigenvalue weighted by Gasteiger charge is 2.08. The summed E-state index contributed by atoms with van der Waals surface area (Å²) in [7, 11) is 0. The van der Waals surface area contributed by atoms with Crippen molar-refractivity contribution in [1.82, 2.24) is 0 Å². The third kappa shape index (κ3) is 4.37. The third-order valence-electron chi connectivity index (χ3n) is 1.99. The molecule has 0 aliphatic carbocycles. The molecule has 0 atom stereocenters. The van der Waals surface area contributed by atoms with Gasteiger partial charge in [0.15, 0.2) is 0 Å². The number of carbonyl (C=O) groups is 1. The zero-order valence-electron chi connectivity index (χ0n) is 9.23. The van der Waals surface area contributed by atoms with E-state index in [2.05, 4.69) is 21.2 Å². The van der Waals surface area contributed by atoms with Crippen molar-refractivity contribution in [2.45, 2.75) is 13.3 Å². The molecule has 0 radical (unpaired) electrons. The molecule has 0 amide bonds. The zero-order chi connectivity index (χ0) is 12.8. The van der Waals surface area contributed by atoms with E-state index < -0.39 is 0 Å². The van der Waals surface area contributed by atoms with Crippen LogP contribution in [0.15, 0.2) is 16.6 Å². The summed E-state index contributed by atoms with van der Waals surface area (Å²) in [4.78, 5) is 11.1. The molecule has 0 bridgehead atoms. The summed E-state index contributed by atoms with van der Waals surface area (Å²) in [5, 5.41) is 3.92. The Bertz CT molecular complexity index is 413. The molecule has 1 N–H and O–H groups in total. The fraction of sp³-hybridized carbons (Fsp3) is 0.364. The summed E-state index contributed by atoms with van der Waals surface area (Å²) in [6.45, 7) is 2.62. The van der Waals surface area contributed by atoms with Gasteiger partial charge in [-0.2, -0.15) is 0 Å². The molecule has 6 heteroatoms. The van der Waals surface area contributed by atoms with Crippen LogP contribution in [-0.2, 0) is 9.53 Å². The van der Waals surface area contributed by atoms with Crippen LogP contribution in [0.4, 0.5) is 5.69 Å². The number of halogens is 3. The van der Waals surface area contributed by atoms with Gasteiger partial charge in [0, 0.05) is 11.0 Å². The van der Waals surface area contributed by atoms with Gasteiger partial charge in [0.25, 0.3) is 0 Å². The summed E-state index contributed by atoms with van der Waals surface area (Å²) >= 11 is 15.3. The molecule has 0 heterocycles. The van der Waals surface area contributed by atoms with Gasteiger partial charge in [0.05, 0.1) is 28.8 Å². The Labute approximate surface area is 119 Å². The van der Waals surface area contributed by atoms with Crippen LogP contribution >= 0.6 is 39.1 Å². The van der Waals surface area contributed by atoms with Gasteiger partial charge in [-0.3, -0.25) is 4.79 Å². The Morgan fingerprint density at radius 2 is 2.12 bits per heavy atom. The molecule has 0 aromatic heterocycles. The van der Waals surface area contributed by atoms with Crippen molar-refractivity contribution in [3.8, 4) is 0 Å². The molecule has 0 aliphatic heterocycles. The van der Waals surface area contributed by atoms with Gasteiger partial charge in [-0.15, -0.1) is 0 Å². The summed E-state index contributed by atoms with van der Waals surface area (Å²) < 4.78 is 5.54. The molecule has 0 saturated carbocycles. The number of rotatable bonds is 5. The van der Waals surface area contributed by atoms with E-state index in [1.807, 2.05) is 0 Å². The minimum absolute atomic E-state index is 0.237. The zero-order valence-corrected chi connectivity index (χ0v) is 12.3. The molecule has 0 spiro atoms. The van der Waals surface area contributed by atoms with Crippen LogP contribution in [0.5, 0.6) is 0 Å². The Kier molecular flexibility index (Phi) is 6.09. The van der Waals surface area contributed by atoms with Gasteiger partial charge in [-0.25, -0.2) is 0 Å². The number of carbonyl (C=O) groups excluding carboxylic acids is 1. The van der Waals surface area contributed by atoms with Crippen molar-refractivity contribution in [2.75, 3.05) is 18.5 Å². The van der Waals surface area contributed by atoms with Crippen LogP contribution in [0.2, 0.25) is 10.0 Å². The van der Waals surface area contributed by atoms with E-state index in [1.165, 1.54) is 0 Å². The molecular formula is C11H12BrCl2NO2. The maximum Gasteiger partial charge on any atom is 0.307 e. The predicted molar refractivity (Wildman–Crippen MR) is 73.9 cm³/mol. The van der Waals surface area contributed by atoms with Crippen molar-refractivity contribution in [3.05, 3.63) is 26.7 Å². The van der Waals surface area contributed by atoms with Crippen molar-refractivity contribution in [2.24, 2.45) is 0 Å². The lowest BCUT2D eigenvalue weighted by Crippen LogP contribution is -2.11. The molecule has 17 heavy (non-hydrogen) atoms. The molecular weight excluding hydrogens is 329 g/mol. The number of hydrogen-bond donors (Lipinski definition) is 1. The maximum absolute atomic E-state index is 11.1. The van der Waals surface area contributed by atoms with E-state index >= 15 is 0 Å². The summed E-state index contributed by atoms with van der Waals surface area (Å²) in [6, 6.07) is 3.59. The van der Waals surface area contributed by atoms with E-state index in [4.69, 9.17) is 27.9 Å². The summed E-state index contributed by atoms with van der Waals surface area (Å²) in [5.41, 5.74) is 0.698. The molecule has 1 rings (SSSR count). The molecule has 1 aromatic rings. The molecule has 0 unspecified atom stereocenters. The number of benzene rings is 1. The van der Waals surface area contributed by atoms with Crippen LogP contribution < -0.4 is 5.32 Å². The van der Waals surface area contributed by atoms with E-state index in [0.717, 1.165) is 4.47 Å². The fourth-order valence-electron chi connectivity index (χ4n) is 1.19. The number of ether oxygens (including phenoxy) is 1. The topological polar surface area (TPSA) is 38.3 Å². The smallest absolute Gasteiger partial charge is 0.307 e. The minimum Gasteiger partial charge on any atom is -0.466 e. The first-order valence-electron chi connectivity index (χ1n) is 5.09. The van der Waals surface area contributed by atoms with E-state index in [9.17, 15) is 4.79 Å². The van der Waals surface area contributed by atoms with Crippen LogP contribution in [0, 0.1) is 0 Å². The van der Waals surface area contributed by atoms with Gasteiger partial charge in [0.1, 0.15) is 0 Å². The second-order valence-corrected chi connectivity index (χ2v) is 4.81. The lowest BCUT2D eigenvalue weighted by molar-refractivity contribution is -0.142. The Morgan fingerprint density at radius 3 is 2.76 bits per heavy atom. The summed E-state index contributed by atoms with van der Waals surface area (Å²) in [6.07, 6.45) is 0.290. The van der Waals surface area contributed by atoms with Crippen molar-refractivity contribution < 1.29 is 9.53 Å². The monoisotopic (exact) mass is 339 g/mol. The lowest BCUT2D eigenvalue weighted by atomic mass is 10.3. The highest BCUT2D eigenvalue weighted by molar-refractivity contribution is 9.10. The van der Waals surface area contributed by atoms with Crippen LogP contribution in [0.1, 0.15) is 13.3 Å². The first-order valence-corrected chi connectivity index (χ1v) is 6.64. The standard InChI is InChI=1S/C11H12BrCl2NO2/c1-2-17-9(16)5-6-15-8-4-3-7(12)10(13)11(8)14/h3-4,15H,2,5-6H2,1H3. The lowest BCUT2D eigenvalue weighted by Gasteiger charge is -2.09. The molecule has 0 saturated heterocycles. The average molecular weight is 341 g/mol. The molecule has 0 aliphatic rings. The Hall–Kier alpha value is -0.450. The fourth-order valence-corrected chi connectivity index (χ4v) is 2.04. The van der Waals surface area contributed by atoms with Gasteiger partial charge in [-0.05, 0) is 35.0 Å². The van der Waals surface area contributed by atoms with E-state index in [1.54, 1.807) is 19.1 Å². The van der Waals surface area contributed by atoms with Crippen molar-refractivity contribution in [1.29, 1.82) is 0 Å². The minimum atomic E-state index is -0.237. The van der Waals surface area contributed by atoms with Gasteiger partial charge >= 0.3 is 5.97 Å². The van der Waals surface area contributed by atoms with E-state index in [0.29, 0.717) is 28.9 Å². The highest BCUT2D eigenvalue weighted by atomic mass is 79.9. The average Bonchev–Trinajstić information content (AvgIpc) is 2.29. The SMILES string of the molecule is CCOC(=O)CCNc1ccc(Br)c(Cl)c1Cl. The second kappa shape index (κ2) is 7.09. The van der Waals surface area contributed by atoms with E-state index in [-0.39, 0.29) is 12.4 Å². The van der Waals surface area contributed by atoms with Crippen molar-refractivity contribution >= 4 is 50.8 Å². The second-order valence-electron chi connectivity index (χ2n) is 3.20. The van der Waals surface area contributed by atoms with Gasteiger partial charge < -0.3 is 10.1 Å². The van der Waals surface area contributed by atoms with Crippen LogP contribution in [0.25, 0.3) is 0 Å². The maximum atomic E-state index is 11.1. The molecule has 0 fully saturated rings. The normalized spacial score (nSPS) is 10.1. The van der Waals surface area contributed by atoms with Gasteiger partial charge in [0.2, 0.25) is 0 Å². The Morgan fingerprint density at radius 1 is 1.41 bits per heavy atom. The number of hydrogen-bond acceptors (Lipinski definition) is 3. The highest BCUT2D eigenvalue weighted by Crippen LogP contribution is 2.35. The number of esters is 1. The molecule has 3 nitrogen and oxygen atoms in total. The first kappa shape index (κ1) is 14.6. The third-order valence-corrected chi connectivity index (χ3v) is 3.76. The van der Waals surface area contributed by atoms with Crippen LogP contribution in [0.3, 0.4) is 0 Å². The predicted octanol–water partition coefficient (Wildman–Crippen LogP) is 4.12. The molecule has 1 aromatic carbocycles. The number of nitrogens with one attached hydrogen (secondary N) is 1. The van der Waals surface area contributed by atoms with Gasteiger partial charge in [-0.1, -0.05) is 23.2 Å². The quantitative estimate of drug-likeness (QED) is 0.647. The summed E-state index contributed by atoms with van der Waals surface area (Å²) in [5.74, 6) is -0.237. The number of anilines is 1. The van der Waals surface area contributed by atoms with Crippen LogP contribution in [-0.4, -0.2) is 19.1 Å². The first-order chi connectivity index (χ1) is 8.06. The molecule has 94 valence electrons.